The van der Waals surface area contributed by atoms with E-state index in [4.69, 9.17) is 23.2 Å². The summed E-state index contributed by atoms with van der Waals surface area (Å²) in [4.78, 5) is 3.32. The summed E-state index contributed by atoms with van der Waals surface area (Å²) in [7, 11) is 0. The molecule has 0 spiro atoms. The molecule has 1 aromatic heterocycles. The molecule has 0 bridgehead atoms. The summed E-state index contributed by atoms with van der Waals surface area (Å²) in [6, 6.07) is 15.7. The van der Waals surface area contributed by atoms with E-state index in [0.717, 1.165) is 32.2 Å². The fraction of sp³-hybridized carbons (Fsp3) is 0. The van der Waals surface area contributed by atoms with Crippen molar-refractivity contribution in [3.05, 3.63) is 58.6 Å². The molecule has 0 atom stereocenters. The van der Waals surface area contributed by atoms with Crippen LogP contribution >= 0.6 is 23.2 Å². The molecular formula is C14H9Cl2N. The van der Waals surface area contributed by atoms with Crippen LogP contribution in [-0.2, 0) is 0 Å². The fourth-order valence-corrected chi connectivity index (χ4v) is 2.26. The highest BCUT2D eigenvalue weighted by Gasteiger charge is 2.05. The van der Waals surface area contributed by atoms with Crippen LogP contribution in [-0.4, -0.2) is 4.98 Å². The molecule has 0 aliphatic carbocycles. The van der Waals surface area contributed by atoms with Crippen molar-refractivity contribution in [2.75, 3.05) is 0 Å². The van der Waals surface area contributed by atoms with Crippen LogP contribution in [0.4, 0.5) is 0 Å². The Labute approximate surface area is 109 Å². The molecular weight excluding hydrogens is 253 g/mol. The third-order valence-electron chi connectivity index (χ3n) is 2.76. The van der Waals surface area contributed by atoms with Crippen LogP contribution < -0.4 is 0 Å². The van der Waals surface area contributed by atoms with Crippen molar-refractivity contribution in [3.63, 3.8) is 0 Å². The molecule has 2 aromatic carbocycles. The number of H-pyrrole nitrogens is 1. The van der Waals surface area contributed by atoms with E-state index < -0.39 is 0 Å². The number of rotatable bonds is 1. The molecule has 1 heterocycles. The lowest BCUT2D eigenvalue weighted by Gasteiger charge is -1.97. The van der Waals surface area contributed by atoms with E-state index in [0.29, 0.717) is 0 Å². The molecule has 0 radical (unpaired) electrons. The van der Waals surface area contributed by atoms with E-state index in [1.807, 2.05) is 42.5 Å². The zero-order chi connectivity index (χ0) is 11.8. The number of halogens is 2. The Morgan fingerprint density at radius 3 is 2.35 bits per heavy atom. The number of aromatic nitrogens is 1. The third-order valence-corrected chi connectivity index (χ3v) is 3.33. The number of hydrogen-bond donors (Lipinski definition) is 1. The van der Waals surface area contributed by atoms with E-state index in [-0.39, 0.29) is 0 Å². The normalized spacial score (nSPS) is 10.9. The molecule has 17 heavy (non-hydrogen) atoms. The highest BCUT2D eigenvalue weighted by atomic mass is 35.5. The van der Waals surface area contributed by atoms with E-state index >= 15 is 0 Å². The maximum absolute atomic E-state index is 6.13. The first-order valence-corrected chi connectivity index (χ1v) is 6.03. The minimum Gasteiger partial charge on any atom is -0.353 e. The van der Waals surface area contributed by atoms with Crippen molar-refractivity contribution < 1.29 is 0 Å². The van der Waals surface area contributed by atoms with Gasteiger partial charge in [-0.25, -0.2) is 0 Å². The van der Waals surface area contributed by atoms with Gasteiger partial charge in [0, 0.05) is 16.1 Å². The van der Waals surface area contributed by atoms with Gasteiger partial charge in [-0.2, -0.15) is 0 Å². The summed E-state index contributed by atoms with van der Waals surface area (Å²) in [5, 5.41) is 2.59. The van der Waals surface area contributed by atoms with Crippen LogP contribution in [0.15, 0.2) is 48.5 Å². The molecule has 0 aliphatic heterocycles. The maximum Gasteiger partial charge on any atom is 0.0648 e. The maximum atomic E-state index is 6.13. The van der Waals surface area contributed by atoms with Crippen LogP contribution in [0.1, 0.15) is 0 Å². The van der Waals surface area contributed by atoms with Gasteiger partial charge in [0.2, 0.25) is 0 Å². The van der Waals surface area contributed by atoms with Gasteiger partial charge in [-0.1, -0.05) is 47.5 Å². The van der Waals surface area contributed by atoms with Gasteiger partial charge in [-0.3, -0.25) is 0 Å². The first-order valence-electron chi connectivity index (χ1n) is 5.27. The number of hydrogen-bond acceptors (Lipinski definition) is 0. The molecule has 0 saturated heterocycles. The molecule has 0 amide bonds. The van der Waals surface area contributed by atoms with Crippen molar-refractivity contribution in [1.29, 1.82) is 0 Å². The Hall–Kier alpha value is -1.44. The summed E-state index contributed by atoms with van der Waals surface area (Å²) in [5.74, 6) is 0. The second-order valence-corrected chi connectivity index (χ2v) is 4.74. The van der Waals surface area contributed by atoms with E-state index in [9.17, 15) is 0 Å². The van der Waals surface area contributed by atoms with Gasteiger partial charge < -0.3 is 4.98 Å². The van der Waals surface area contributed by atoms with Gasteiger partial charge in [0.1, 0.15) is 0 Å². The Morgan fingerprint density at radius 1 is 0.882 bits per heavy atom. The number of benzene rings is 2. The molecule has 84 valence electrons. The van der Waals surface area contributed by atoms with Gasteiger partial charge in [-0.15, -0.1) is 0 Å². The summed E-state index contributed by atoms with van der Waals surface area (Å²) in [6.45, 7) is 0. The van der Waals surface area contributed by atoms with Gasteiger partial charge >= 0.3 is 0 Å². The summed E-state index contributed by atoms with van der Waals surface area (Å²) < 4.78 is 0. The molecule has 0 aliphatic rings. The minimum atomic E-state index is 0.739. The van der Waals surface area contributed by atoms with Crippen molar-refractivity contribution in [3.8, 4) is 11.3 Å². The third kappa shape index (κ3) is 1.92. The predicted molar refractivity (Wildman–Crippen MR) is 73.8 cm³/mol. The molecule has 1 N–H and O–H groups in total. The largest absolute Gasteiger partial charge is 0.353 e. The standard InChI is InChI=1S/C14H9Cl2N/c15-11-6-4-9(5-7-11)13-8-10-2-1-3-12(16)14(10)17-13/h1-8,17H. The Balaban J connectivity index is 2.18. The SMILES string of the molecule is Clc1ccc(-c2cc3cccc(Cl)c3[nH]2)cc1. The van der Waals surface area contributed by atoms with Gasteiger partial charge in [-0.05, 0) is 29.8 Å². The lowest BCUT2D eigenvalue weighted by atomic mass is 10.1. The Morgan fingerprint density at radius 2 is 1.65 bits per heavy atom. The lowest BCUT2D eigenvalue weighted by molar-refractivity contribution is 1.45. The van der Waals surface area contributed by atoms with Crippen LogP contribution in [0.3, 0.4) is 0 Å². The Bertz CT molecular complexity index is 668. The zero-order valence-electron chi connectivity index (χ0n) is 8.87. The number of para-hydroxylation sites is 1. The zero-order valence-corrected chi connectivity index (χ0v) is 10.4. The summed E-state index contributed by atoms with van der Waals surface area (Å²) in [5.41, 5.74) is 3.12. The smallest absolute Gasteiger partial charge is 0.0648 e. The monoisotopic (exact) mass is 261 g/mol. The minimum absolute atomic E-state index is 0.739. The molecule has 3 rings (SSSR count). The molecule has 3 heteroatoms. The highest BCUT2D eigenvalue weighted by Crippen LogP contribution is 2.28. The molecule has 0 fully saturated rings. The molecule has 0 unspecified atom stereocenters. The number of fused-ring (bicyclic) bond motifs is 1. The lowest BCUT2D eigenvalue weighted by Crippen LogP contribution is -1.76. The van der Waals surface area contributed by atoms with Gasteiger partial charge in [0.05, 0.1) is 10.5 Å². The molecule has 1 nitrogen and oxygen atoms in total. The van der Waals surface area contributed by atoms with Crippen LogP contribution in [0.25, 0.3) is 22.2 Å². The first-order chi connectivity index (χ1) is 8.24. The summed E-state index contributed by atoms with van der Waals surface area (Å²) >= 11 is 12.0. The van der Waals surface area contributed by atoms with Crippen molar-refractivity contribution in [2.45, 2.75) is 0 Å². The average Bonchev–Trinajstić information content (AvgIpc) is 2.75. The number of nitrogens with one attached hydrogen (secondary N) is 1. The molecule has 3 aromatic rings. The Kier molecular flexibility index (Phi) is 2.58. The van der Waals surface area contributed by atoms with Crippen molar-refractivity contribution in [1.82, 2.24) is 4.98 Å². The van der Waals surface area contributed by atoms with Gasteiger partial charge in [0.25, 0.3) is 0 Å². The summed E-state index contributed by atoms with van der Waals surface area (Å²) in [6.07, 6.45) is 0. The topological polar surface area (TPSA) is 15.8 Å². The van der Waals surface area contributed by atoms with Gasteiger partial charge in [0.15, 0.2) is 0 Å². The quantitative estimate of drug-likeness (QED) is 0.624. The van der Waals surface area contributed by atoms with E-state index in [1.165, 1.54) is 0 Å². The number of aromatic amines is 1. The highest BCUT2D eigenvalue weighted by molar-refractivity contribution is 6.35. The van der Waals surface area contributed by atoms with Crippen LogP contribution in [0.5, 0.6) is 0 Å². The van der Waals surface area contributed by atoms with Crippen molar-refractivity contribution in [2.24, 2.45) is 0 Å². The predicted octanol–water partition coefficient (Wildman–Crippen LogP) is 5.14. The average molecular weight is 262 g/mol. The second kappa shape index (κ2) is 4.10. The van der Waals surface area contributed by atoms with Crippen LogP contribution in [0.2, 0.25) is 10.0 Å². The molecule has 0 saturated carbocycles. The fourth-order valence-electron chi connectivity index (χ4n) is 1.90. The first kappa shape index (κ1) is 10.7. The van der Waals surface area contributed by atoms with Crippen molar-refractivity contribution >= 4 is 34.1 Å². The van der Waals surface area contributed by atoms with E-state index in [2.05, 4.69) is 11.1 Å². The van der Waals surface area contributed by atoms with E-state index in [1.54, 1.807) is 0 Å². The van der Waals surface area contributed by atoms with Crippen LogP contribution in [0, 0.1) is 0 Å². The second-order valence-electron chi connectivity index (χ2n) is 3.89.